The standard InChI is InChI=1S/C23H27Cl2FN2O4/c24-15-1-7-19(8-2-15)31-13-18(29)12-27-16-3-5-17(6-4-16)28-23(30)14-32-20-9-10-21(25)22(26)11-20/h1-2,7-11,16-18,27,29H,3-6,12-14H2,(H,28,30). The molecule has 0 radical (unpaired) electrons. The summed E-state index contributed by atoms with van der Waals surface area (Å²) < 4.78 is 24.3. The van der Waals surface area contributed by atoms with Crippen LogP contribution in [-0.2, 0) is 4.79 Å². The zero-order chi connectivity index (χ0) is 22.9. The van der Waals surface area contributed by atoms with E-state index in [0.717, 1.165) is 31.7 Å². The van der Waals surface area contributed by atoms with Crippen molar-refractivity contribution in [1.82, 2.24) is 10.6 Å². The summed E-state index contributed by atoms with van der Waals surface area (Å²) >= 11 is 11.5. The Balaban J connectivity index is 1.28. The molecule has 1 unspecified atom stereocenters. The van der Waals surface area contributed by atoms with Crippen LogP contribution in [0, 0.1) is 5.82 Å². The van der Waals surface area contributed by atoms with Gasteiger partial charge in [-0.1, -0.05) is 23.2 Å². The summed E-state index contributed by atoms with van der Waals surface area (Å²) in [6.45, 7) is 0.442. The summed E-state index contributed by atoms with van der Waals surface area (Å²) in [5.41, 5.74) is 0. The van der Waals surface area contributed by atoms with Crippen molar-refractivity contribution < 1.29 is 23.8 Å². The molecule has 1 atom stereocenters. The Morgan fingerprint density at radius 3 is 2.38 bits per heavy atom. The van der Waals surface area contributed by atoms with Gasteiger partial charge in [0, 0.05) is 29.7 Å². The van der Waals surface area contributed by atoms with Crippen molar-refractivity contribution in [3.63, 3.8) is 0 Å². The van der Waals surface area contributed by atoms with Crippen molar-refractivity contribution >= 4 is 29.1 Å². The van der Waals surface area contributed by atoms with Gasteiger partial charge in [0.2, 0.25) is 0 Å². The van der Waals surface area contributed by atoms with Crippen molar-refractivity contribution in [1.29, 1.82) is 0 Å². The molecule has 2 aromatic carbocycles. The average Bonchev–Trinajstić information content (AvgIpc) is 2.79. The number of nitrogens with one attached hydrogen (secondary N) is 2. The lowest BCUT2D eigenvalue weighted by atomic mass is 9.91. The Labute approximate surface area is 197 Å². The largest absolute Gasteiger partial charge is 0.491 e. The summed E-state index contributed by atoms with van der Waals surface area (Å²) in [5, 5.41) is 17.1. The zero-order valence-electron chi connectivity index (χ0n) is 17.5. The van der Waals surface area contributed by atoms with Crippen molar-refractivity contribution in [2.75, 3.05) is 19.8 Å². The molecule has 0 aliphatic heterocycles. The van der Waals surface area contributed by atoms with E-state index in [1.54, 1.807) is 24.3 Å². The maximum Gasteiger partial charge on any atom is 0.258 e. The van der Waals surface area contributed by atoms with Gasteiger partial charge in [-0.2, -0.15) is 0 Å². The second-order valence-corrected chi connectivity index (χ2v) is 8.65. The molecule has 32 heavy (non-hydrogen) atoms. The first kappa shape index (κ1) is 24.6. The Hall–Kier alpha value is -2.06. The highest BCUT2D eigenvalue weighted by atomic mass is 35.5. The Kier molecular flexibility index (Phi) is 9.41. The lowest BCUT2D eigenvalue weighted by molar-refractivity contribution is -0.124. The smallest absolute Gasteiger partial charge is 0.258 e. The Morgan fingerprint density at radius 1 is 1.03 bits per heavy atom. The fraction of sp³-hybridized carbons (Fsp3) is 0.435. The minimum atomic E-state index is -0.627. The summed E-state index contributed by atoms with van der Waals surface area (Å²) in [6, 6.07) is 11.4. The summed E-state index contributed by atoms with van der Waals surface area (Å²) in [4.78, 5) is 12.1. The van der Waals surface area contributed by atoms with Gasteiger partial charge in [-0.3, -0.25) is 4.79 Å². The van der Waals surface area contributed by atoms with Crippen molar-refractivity contribution in [3.8, 4) is 11.5 Å². The molecule has 174 valence electrons. The Morgan fingerprint density at radius 2 is 1.69 bits per heavy atom. The Bertz CT molecular complexity index is 877. The fourth-order valence-corrected chi connectivity index (χ4v) is 3.76. The van der Waals surface area contributed by atoms with Gasteiger partial charge in [-0.05, 0) is 62.1 Å². The average molecular weight is 485 g/mol. The number of ether oxygens (including phenoxy) is 2. The van der Waals surface area contributed by atoms with Crippen LogP contribution >= 0.6 is 23.2 Å². The van der Waals surface area contributed by atoms with Crippen LogP contribution in [-0.4, -0.2) is 49.0 Å². The fourth-order valence-electron chi connectivity index (χ4n) is 3.51. The van der Waals surface area contributed by atoms with Crippen LogP contribution in [0.3, 0.4) is 0 Å². The number of aliphatic hydroxyl groups excluding tert-OH is 1. The van der Waals surface area contributed by atoms with Crippen molar-refractivity contribution in [2.45, 2.75) is 43.9 Å². The number of benzene rings is 2. The molecule has 6 nitrogen and oxygen atoms in total. The highest BCUT2D eigenvalue weighted by Crippen LogP contribution is 2.21. The molecular formula is C23H27Cl2FN2O4. The third-order valence-electron chi connectivity index (χ3n) is 5.25. The van der Waals surface area contributed by atoms with E-state index >= 15 is 0 Å². The van der Waals surface area contributed by atoms with Gasteiger partial charge in [0.15, 0.2) is 6.61 Å². The second kappa shape index (κ2) is 12.3. The predicted octanol–water partition coefficient (Wildman–Crippen LogP) is 3.97. The SMILES string of the molecule is O=C(COc1ccc(Cl)c(F)c1)NC1CCC(NCC(O)COc2ccc(Cl)cc2)CC1. The van der Waals surface area contributed by atoms with Gasteiger partial charge >= 0.3 is 0 Å². The number of carbonyl (C=O) groups excluding carboxylic acids is 1. The number of carbonyl (C=O) groups is 1. The molecule has 3 N–H and O–H groups in total. The molecule has 0 saturated heterocycles. The molecule has 2 aromatic rings. The number of aliphatic hydroxyl groups is 1. The minimum absolute atomic E-state index is 0.00812. The minimum Gasteiger partial charge on any atom is -0.491 e. The number of halogens is 3. The van der Waals surface area contributed by atoms with E-state index in [1.165, 1.54) is 12.1 Å². The van der Waals surface area contributed by atoms with Crippen LogP contribution in [0.1, 0.15) is 25.7 Å². The second-order valence-electron chi connectivity index (χ2n) is 7.81. The first-order chi connectivity index (χ1) is 15.4. The topological polar surface area (TPSA) is 79.8 Å². The van der Waals surface area contributed by atoms with E-state index < -0.39 is 11.9 Å². The lowest BCUT2D eigenvalue weighted by Crippen LogP contribution is -2.45. The molecule has 9 heteroatoms. The quantitative estimate of drug-likeness (QED) is 0.475. The molecule has 1 aliphatic carbocycles. The summed E-state index contributed by atoms with van der Waals surface area (Å²) in [5.74, 6) is 0.0898. The number of rotatable bonds is 10. The van der Waals surface area contributed by atoms with Crippen LogP contribution in [0.2, 0.25) is 10.0 Å². The molecule has 0 heterocycles. The third kappa shape index (κ3) is 8.13. The van der Waals surface area contributed by atoms with E-state index in [4.69, 9.17) is 32.7 Å². The van der Waals surface area contributed by atoms with E-state index in [9.17, 15) is 14.3 Å². The molecule has 0 spiro atoms. The highest BCUT2D eigenvalue weighted by Gasteiger charge is 2.23. The van der Waals surface area contributed by atoms with Gasteiger partial charge < -0.3 is 25.2 Å². The van der Waals surface area contributed by atoms with Gasteiger partial charge in [0.25, 0.3) is 5.91 Å². The first-order valence-electron chi connectivity index (χ1n) is 10.6. The van der Waals surface area contributed by atoms with Crippen LogP contribution in [0.15, 0.2) is 42.5 Å². The van der Waals surface area contributed by atoms with Gasteiger partial charge in [0.1, 0.15) is 30.0 Å². The molecule has 1 amide bonds. The third-order valence-corrected chi connectivity index (χ3v) is 5.81. The predicted molar refractivity (Wildman–Crippen MR) is 122 cm³/mol. The maximum absolute atomic E-state index is 13.4. The van der Waals surface area contributed by atoms with E-state index in [2.05, 4.69) is 10.6 Å². The van der Waals surface area contributed by atoms with Gasteiger partial charge in [-0.25, -0.2) is 4.39 Å². The highest BCUT2D eigenvalue weighted by molar-refractivity contribution is 6.30. The molecule has 0 bridgehead atoms. The van der Waals surface area contributed by atoms with E-state index in [-0.39, 0.29) is 42.0 Å². The van der Waals surface area contributed by atoms with Gasteiger partial charge in [-0.15, -0.1) is 0 Å². The molecule has 3 rings (SSSR count). The van der Waals surface area contributed by atoms with Crippen molar-refractivity contribution in [2.24, 2.45) is 0 Å². The molecule has 1 fully saturated rings. The molecule has 0 aromatic heterocycles. The van der Waals surface area contributed by atoms with Crippen molar-refractivity contribution in [3.05, 3.63) is 58.3 Å². The molecular weight excluding hydrogens is 458 g/mol. The van der Waals surface area contributed by atoms with Crippen LogP contribution in [0.4, 0.5) is 4.39 Å². The first-order valence-corrected chi connectivity index (χ1v) is 11.3. The monoisotopic (exact) mass is 484 g/mol. The van der Waals surface area contributed by atoms with E-state index in [0.29, 0.717) is 17.3 Å². The maximum atomic E-state index is 13.4. The molecule has 1 aliphatic rings. The summed E-state index contributed by atoms with van der Waals surface area (Å²) in [7, 11) is 0. The number of amides is 1. The van der Waals surface area contributed by atoms with Crippen LogP contribution in [0.5, 0.6) is 11.5 Å². The normalized spacial score (nSPS) is 19.2. The van der Waals surface area contributed by atoms with E-state index in [1.807, 2.05) is 0 Å². The summed E-state index contributed by atoms with van der Waals surface area (Å²) in [6.07, 6.45) is 2.81. The van der Waals surface area contributed by atoms with Gasteiger partial charge in [0.05, 0.1) is 5.02 Å². The number of hydrogen-bond acceptors (Lipinski definition) is 5. The van der Waals surface area contributed by atoms with Crippen LogP contribution < -0.4 is 20.1 Å². The lowest BCUT2D eigenvalue weighted by Gasteiger charge is -2.30. The van der Waals surface area contributed by atoms with Crippen LogP contribution in [0.25, 0.3) is 0 Å². The number of hydrogen-bond donors (Lipinski definition) is 3. The molecule has 1 saturated carbocycles. The zero-order valence-corrected chi connectivity index (χ0v) is 19.0.